The molecule has 0 spiro atoms. The van der Waals surface area contributed by atoms with Gasteiger partial charge in [0.25, 0.3) is 0 Å². The van der Waals surface area contributed by atoms with Gasteiger partial charge < -0.3 is 15.0 Å². The number of nitrogens with zero attached hydrogens (tertiary/aromatic N) is 2. The van der Waals surface area contributed by atoms with Gasteiger partial charge in [0.15, 0.2) is 0 Å². The summed E-state index contributed by atoms with van der Waals surface area (Å²) in [6.45, 7) is 1.45. The summed E-state index contributed by atoms with van der Waals surface area (Å²) in [5, 5.41) is 3.12. The van der Waals surface area contributed by atoms with Gasteiger partial charge in [-0.2, -0.15) is 0 Å². The molecule has 0 aromatic heterocycles. The minimum atomic E-state index is -3.80. The van der Waals surface area contributed by atoms with Crippen LogP contribution in [0.3, 0.4) is 0 Å². The Morgan fingerprint density at radius 1 is 1.16 bits per heavy atom. The van der Waals surface area contributed by atoms with E-state index in [-0.39, 0.29) is 12.5 Å². The molecule has 0 aliphatic heterocycles. The second kappa shape index (κ2) is 11.2. The third kappa shape index (κ3) is 6.61. The molecule has 2 rings (SSSR count). The van der Waals surface area contributed by atoms with E-state index >= 15 is 0 Å². The van der Waals surface area contributed by atoms with Gasteiger partial charge in [0, 0.05) is 24.7 Å². The largest absolute Gasteiger partial charge is 0.497 e. The van der Waals surface area contributed by atoms with Gasteiger partial charge in [0.2, 0.25) is 21.8 Å². The molecule has 0 heterocycles. The van der Waals surface area contributed by atoms with E-state index in [2.05, 4.69) is 5.32 Å². The third-order valence-corrected chi connectivity index (χ3v) is 6.31. The smallest absolute Gasteiger partial charge is 0.244 e. The van der Waals surface area contributed by atoms with Crippen LogP contribution >= 0.6 is 11.6 Å². The van der Waals surface area contributed by atoms with Crippen LogP contribution in [-0.4, -0.2) is 58.1 Å². The molecule has 0 radical (unpaired) electrons. The molecule has 0 saturated carbocycles. The topological polar surface area (TPSA) is 96.0 Å². The summed E-state index contributed by atoms with van der Waals surface area (Å²) in [6, 6.07) is 12.6. The molecule has 0 aliphatic rings. The summed E-state index contributed by atoms with van der Waals surface area (Å²) in [5.41, 5.74) is 1.05. The molecular weight excluding hydrogens is 454 g/mol. The zero-order valence-corrected chi connectivity index (χ0v) is 20.1. The summed E-state index contributed by atoms with van der Waals surface area (Å²) < 4.78 is 31.3. The number of methoxy groups -OCH3 is 1. The van der Waals surface area contributed by atoms with Crippen molar-refractivity contribution in [3.63, 3.8) is 0 Å². The van der Waals surface area contributed by atoms with E-state index in [1.807, 2.05) is 0 Å². The first-order chi connectivity index (χ1) is 15.1. The van der Waals surface area contributed by atoms with E-state index in [1.165, 1.54) is 25.1 Å². The van der Waals surface area contributed by atoms with Crippen LogP contribution in [0, 0.1) is 0 Å². The first-order valence-corrected chi connectivity index (χ1v) is 12.2. The number of hydrogen-bond acceptors (Lipinski definition) is 5. The lowest BCUT2D eigenvalue weighted by atomic mass is 10.1. The highest BCUT2D eigenvalue weighted by molar-refractivity contribution is 7.92. The first kappa shape index (κ1) is 25.5. The van der Waals surface area contributed by atoms with Gasteiger partial charge in [0.1, 0.15) is 18.3 Å². The van der Waals surface area contributed by atoms with Crippen molar-refractivity contribution >= 4 is 39.1 Å². The zero-order valence-electron chi connectivity index (χ0n) is 18.5. The van der Waals surface area contributed by atoms with Gasteiger partial charge in [-0.1, -0.05) is 36.7 Å². The van der Waals surface area contributed by atoms with Crippen molar-refractivity contribution in [3.8, 4) is 5.75 Å². The van der Waals surface area contributed by atoms with Crippen molar-refractivity contribution < 1.29 is 22.7 Å². The molecule has 1 unspecified atom stereocenters. The fraction of sp³-hybridized carbons (Fsp3) is 0.364. The van der Waals surface area contributed by atoms with Gasteiger partial charge in [-0.15, -0.1) is 0 Å². The highest BCUT2D eigenvalue weighted by atomic mass is 35.5. The van der Waals surface area contributed by atoms with Crippen LogP contribution in [0.5, 0.6) is 5.75 Å². The first-order valence-electron chi connectivity index (χ1n) is 9.98. The highest BCUT2D eigenvalue weighted by Crippen LogP contribution is 2.24. The number of ether oxygens (including phenoxy) is 1. The molecular formula is C22H28ClN3O5S. The average Bonchev–Trinajstić information content (AvgIpc) is 2.77. The van der Waals surface area contributed by atoms with Crippen molar-refractivity contribution in [2.24, 2.45) is 0 Å². The van der Waals surface area contributed by atoms with Crippen LogP contribution in [0.1, 0.15) is 18.9 Å². The number of carbonyl (C=O) groups excluding carboxylic acids is 2. The van der Waals surface area contributed by atoms with Gasteiger partial charge in [-0.05, 0) is 36.2 Å². The molecule has 2 amide bonds. The minimum Gasteiger partial charge on any atom is -0.497 e. The Bertz CT molecular complexity index is 1040. The van der Waals surface area contributed by atoms with Crippen LogP contribution < -0.4 is 14.4 Å². The fourth-order valence-electron chi connectivity index (χ4n) is 3.25. The maximum atomic E-state index is 13.4. The molecule has 174 valence electrons. The zero-order chi connectivity index (χ0) is 23.9. The number of sulfonamides is 1. The lowest BCUT2D eigenvalue weighted by molar-refractivity contribution is -0.140. The van der Waals surface area contributed by atoms with Crippen LogP contribution in [0.15, 0.2) is 48.5 Å². The molecule has 0 bridgehead atoms. The van der Waals surface area contributed by atoms with Gasteiger partial charge in [-0.25, -0.2) is 8.42 Å². The highest BCUT2D eigenvalue weighted by Gasteiger charge is 2.31. The number of carbonyl (C=O) groups is 2. The van der Waals surface area contributed by atoms with Crippen molar-refractivity contribution in [1.29, 1.82) is 0 Å². The lowest BCUT2D eigenvalue weighted by Crippen LogP contribution is -2.51. The Hall–Kier alpha value is -2.78. The van der Waals surface area contributed by atoms with E-state index < -0.39 is 28.5 Å². The monoisotopic (exact) mass is 481 g/mol. The Balaban J connectivity index is 2.42. The van der Waals surface area contributed by atoms with Crippen LogP contribution in [-0.2, 0) is 26.2 Å². The summed E-state index contributed by atoms with van der Waals surface area (Å²) in [7, 11) is -0.831. The fourth-order valence-corrected chi connectivity index (χ4v) is 4.22. The molecule has 0 saturated heterocycles. The maximum Gasteiger partial charge on any atom is 0.244 e. The van der Waals surface area contributed by atoms with E-state index in [1.54, 1.807) is 49.4 Å². The Morgan fingerprint density at radius 2 is 1.81 bits per heavy atom. The number of halogens is 1. The number of amides is 2. The number of rotatable bonds is 10. The predicted molar refractivity (Wildman–Crippen MR) is 125 cm³/mol. The van der Waals surface area contributed by atoms with E-state index in [0.29, 0.717) is 22.9 Å². The molecule has 2 aromatic carbocycles. The molecule has 0 aliphatic carbocycles. The number of nitrogens with one attached hydrogen (secondary N) is 1. The summed E-state index contributed by atoms with van der Waals surface area (Å²) in [6.07, 6.45) is 1.39. The second-order valence-electron chi connectivity index (χ2n) is 7.16. The molecule has 10 heteroatoms. The minimum absolute atomic E-state index is 0.123. The number of hydrogen-bond donors (Lipinski definition) is 1. The van der Waals surface area contributed by atoms with Gasteiger partial charge in [0.05, 0.1) is 19.1 Å². The summed E-state index contributed by atoms with van der Waals surface area (Å²) in [4.78, 5) is 27.3. The SMILES string of the molecule is CCC(C(=O)NC)N(Cc1ccc(Cl)cc1)C(=O)CN(c1cccc(OC)c1)S(C)(=O)=O. The van der Waals surface area contributed by atoms with E-state index in [0.717, 1.165) is 16.1 Å². The van der Waals surface area contributed by atoms with Crippen LogP contribution in [0.25, 0.3) is 0 Å². The standard InChI is InChI=1S/C22H28ClN3O5S/c1-5-20(22(28)24-2)25(14-16-9-11-17(23)12-10-16)21(27)15-26(32(4,29)30)18-7-6-8-19(13-18)31-3/h6-13,20H,5,14-15H2,1-4H3,(H,24,28). The molecule has 1 N–H and O–H groups in total. The second-order valence-corrected chi connectivity index (χ2v) is 9.50. The molecule has 0 fully saturated rings. The quantitative estimate of drug-likeness (QED) is 0.562. The number of anilines is 1. The Kier molecular flexibility index (Phi) is 8.91. The summed E-state index contributed by atoms with van der Waals surface area (Å²) >= 11 is 5.96. The Labute approximate surface area is 194 Å². The van der Waals surface area contributed by atoms with Crippen LogP contribution in [0.4, 0.5) is 5.69 Å². The van der Waals surface area contributed by atoms with Crippen LogP contribution in [0.2, 0.25) is 5.02 Å². The van der Waals surface area contributed by atoms with Crippen molar-refractivity contribution in [2.75, 3.05) is 31.3 Å². The molecule has 8 nitrogen and oxygen atoms in total. The Morgan fingerprint density at radius 3 is 2.34 bits per heavy atom. The third-order valence-electron chi connectivity index (χ3n) is 4.92. The molecule has 32 heavy (non-hydrogen) atoms. The number of likely N-dealkylation sites (N-methyl/N-ethyl adjacent to an activating group) is 1. The average molecular weight is 482 g/mol. The molecule has 1 atom stereocenters. The maximum absolute atomic E-state index is 13.4. The van der Waals surface area contributed by atoms with Gasteiger partial charge in [-0.3, -0.25) is 13.9 Å². The normalized spacial score (nSPS) is 12.0. The van der Waals surface area contributed by atoms with Crippen molar-refractivity contribution in [1.82, 2.24) is 10.2 Å². The van der Waals surface area contributed by atoms with Crippen molar-refractivity contribution in [2.45, 2.75) is 25.9 Å². The van der Waals surface area contributed by atoms with Crippen molar-refractivity contribution in [3.05, 3.63) is 59.1 Å². The van der Waals surface area contributed by atoms with Gasteiger partial charge >= 0.3 is 0 Å². The lowest BCUT2D eigenvalue weighted by Gasteiger charge is -2.32. The van der Waals surface area contributed by atoms with E-state index in [4.69, 9.17) is 16.3 Å². The summed E-state index contributed by atoms with van der Waals surface area (Å²) in [5.74, 6) is -0.385. The predicted octanol–water partition coefficient (Wildman–Crippen LogP) is 2.67. The number of benzene rings is 2. The molecule has 2 aromatic rings. The van der Waals surface area contributed by atoms with E-state index in [9.17, 15) is 18.0 Å².